The van der Waals surface area contributed by atoms with E-state index in [2.05, 4.69) is 20.3 Å². The quantitative estimate of drug-likeness (QED) is 0.193. The number of halogens is 2. The number of Topliss-reactive ketones (excluding diaryl/α,β-unsaturated/α-hetero) is 1. The van der Waals surface area contributed by atoms with E-state index in [0.717, 1.165) is 16.7 Å². The summed E-state index contributed by atoms with van der Waals surface area (Å²) in [4.78, 5) is 51.3. The molecule has 0 aliphatic carbocycles. The second-order valence-corrected chi connectivity index (χ2v) is 11.6. The van der Waals surface area contributed by atoms with Gasteiger partial charge in [-0.25, -0.2) is 14.4 Å². The summed E-state index contributed by atoms with van der Waals surface area (Å²) >= 11 is 5.97. The molecule has 0 spiro atoms. The molecule has 2 aromatic heterocycles. The molecule has 0 saturated heterocycles. The number of ketones is 1. The average Bonchev–Trinajstić information content (AvgIpc) is 3.65. The topological polar surface area (TPSA) is 128 Å². The van der Waals surface area contributed by atoms with Crippen LogP contribution >= 0.6 is 11.6 Å². The van der Waals surface area contributed by atoms with E-state index in [-0.39, 0.29) is 53.5 Å². The van der Waals surface area contributed by atoms with Gasteiger partial charge < -0.3 is 19.8 Å². The van der Waals surface area contributed by atoms with Gasteiger partial charge in [-0.05, 0) is 43.0 Å². The normalized spacial score (nSPS) is 16.8. The van der Waals surface area contributed by atoms with Gasteiger partial charge in [0.15, 0.2) is 5.82 Å². The Morgan fingerprint density at radius 2 is 2.00 bits per heavy atom. The molecule has 12 heteroatoms. The van der Waals surface area contributed by atoms with E-state index in [1.54, 1.807) is 25.3 Å². The van der Waals surface area contributed by atoms with Crippen molar-refractivity contribution in [2.45, 2.75) is 52.0 Å². The Morgan fingerprint density at radius 1 is 1.18 bits per heavy atom. The number of amides is 1. The van der Waals surface area contributed by atoms with Gasteiger partial charge in [0.25, 0.3) is 5.91 Å². The summed E-state index contributed by atoms with van der Waals surface area (Å²) in [5, 5.41) is 3.01. The van der Waals surface area contributed by atoms with Crippen molar-refractivity contribution in [2.24, 2.45) is 5.92 Å². The summed E-state index contributed by atoms with van der Waals surface area (Å²) in [7, 11) is 1.54. The number of fused-ring (bicyclic) bond motifs is 4. The zero-order valence-corrected chi connectivity index (χ0v) is 26.1. The van der Waals surface area contributed by atoms with Crippen LogP contribution in [0.2, 0.25) is 5.02 Å². The molecule has 5 rings (SSSR count). The maximum Gasteiger partial charge on any atom is 0.310 e. The zero-order valence-electron chi connectivity index (χ0n) is 25.4. The Balaban J connectivity index is 1.41. The molecule has 1 aliphatic rings. The van der Waals surface area contributed by atoms with Crippen LogP contribution in [0.25, 0.3) is 16.9 Å². The molecule has 3 heterocycles. The van der Waals surface area contributed by atoms with Crippen LogP contribution in [0.3, 0.4) is 0 Å². The number of imidazole rings is 2. The van der Waals surface area contributed by atoms with Gasteiger partial charge in [-0.2, -0.15) is 0 Å². The van der Waals surface area contributed by atoms with Crippen molar-refractivity contribution in [1.82, 2.24) is 24.8 Å². The van der Waals surface area contributed by atoms with E-state index in [1.807, 2.05) is 25.1 Å². The van der Waals surface area contributed by atoms with E-state index in [1.165, 1.54) is 24.1 Å². The number of hydrogen-bond donors (Lipinski definition) is 2. The molecule has 10 nitrogen and oxygen atoms in total. The number of methoxy groups -OCH3 is 1. The summed E-state index contributed by atoms with van der Waals surface area (Å²) in [6, 6.07) is 9.71. The third-order valence-electron chi connectivity index (χ3n) is 8.05. The molecule has 0 saturated carbocycles. The fraction of sp³-hybridized carbons (Fsp3) is 0.364. The molecule has 4 aromatic rings. The third-order valence-corrected chi connectivity index (χ3v) is 8.34. The van der Waals surface area contributed by atoms with Gasteiger partial charge in [0.1, 0.15) is 30.2 Å². The number of hydrogen-bond acceptors (Lipinski definition) is 7. The van der Waals surface area contributed by atoms with Crippen molar-refractivity contribution in [3.8, 4) is 16.9 Å². The number of benzene rings is 2. The highest BCUT2D eigenvalue weighted by Gasteiger charge is 2.26. The second kappa shape index (κ2) is 14.2. The fourth-order valence-electron chi connectivity index (χ4n) is 5.48. The lowest BCUT2D eigenvalue weighted by Gasteiger charge is -2.19. The number of rotatable bonds is 8. The van der Waals surface area contributed by atoms with Crippen molar-refractivity contribution in [3.63, 3.8) is 0 Å². The van der Waals surface area contributed by atoms with E-state index >= 15 is 0 Å². The highest BCUT2D eigenvalue weighted by molar-refractivity contribution is 6.30. The second-order valence-electron chi connectivity index (χ2n) is 11.2. The number of aromatic amines is 1. The molecule has 0 fully saturated rings. The molecular weight excluding hydrogens is 601 g/mol. The first kappa shape index (κ1) is 32.1. The van der Waals surface area contributed by atoms with Crippen molar-refractivity contribution >= 4 is 29.3 Å². The maximum atomic E-state index is 14.7. The lowest BCUT2D eigenvalue weighted by atomic mass is 9.90. The minimum absolute atomic E-state index is 0.0283. The minimum atomic E-state index is -0.605. The largest absolute Gasteiger partial charge is 0.463 e. The molecule has 2 bridgehead atoms. The van der Waals surface area contributed by atoms with Crippen LogP contribution in [0.1, 0.15) is 65.4 Å². The zero-order chi connectivity index (χ0) is 32.1. The number of nitrogens with one attached hydrogen (secondary N) is 2. The van der Waals surface area contributed by atoms with Crippen LogP contribution in [-0.4, -0.2) is 57.5 Å². The summed E-state index contributed by atoms with van der Waals surface area (Å²) in [5.41, 5.74) is 3.78. The number of carbonyl (C=O) groups excluding carboxylic acids is 3. The minimum Gasteiger partial charge on any atom is -0.463 e. The van der Waals surface area contributed by atoms with Gasteiger partial charge in [0.2, 0.25) is 0 Å². The van der Waals surface area contributed by atoms with Crippen molar-refractivity contribution < 1.29 is 28.2 Å². The summed E-state index contributed by atoms with van der Waals surface area (Å²) < 4.78 is 26.3. The number of nitrogens with zero attached hydrogens (tertiary/aromatic N) is 3. The Morgan fingerprint density at radius 3 is 2.80 bits per heavy atom. The Bertz CT molecular complexity index is 1720. The Labute approximate surface area is 265 Å². The van der Waals surface area contributed by atoms with E-state index in [4.69, 9.17) is 21.1 Å². The molecule has 0 unspecified atom stereocenters. The lowest BCUT2D eigenvalue weighted by molar-refractivity contribution is -0.144. The highest BCUT2D eigenvalue weighted by Crippen LogP contribution is 2.30. The van der Waals surface area contributed by atoms with Gasteiger partial charge in [-0.1, -0.05) is 49.2 Å². The van der Waals surface area contributed by atoms with Gasteiger partial charge in [0, 0.05) is 25.0 Å². The lowest BCUT2D eigenvalue weighted by Crippen LogP contribution is -2.30. The van der Waals surface area contributed by atoms with Gasteiger partial charge >= 0.3 is 5.97 Å². The number of aromatic nitrogens is 4. The van der Waals surface area contributed by atoms with Gasteiger partial charge in [0.05, 0.1) is 47.4 Å². The summed E-state index contributed by atoms with van der Waals surface area (Å²) in [5.74, 6) is -0.968. The predicted molar refractivity (Wildman–Crippen MR) is 166 cm³/mol. The van der Waals surface area contributed by atoms with Crippen LogP contribution in [0.5, 0.6) is 0 Å². The molecule has 1 aliphatic heterocycles. The molecule has 236 valence electrons. The fourth-order valence-corrected chi connectivity index (χ4v) is 5.65. The van der Waals surface area contributed by atoms with Crippen LogP contribution in [0, 0.1) is 18.7 Å². The van der Waals surface area contributed by atoms with E-state index < -0.39 is 17.8 Å². The van der Waals surface area contributed by atoms with Crippen LogP contribution in [0.15, 0.2) is 48.9 Å². The van der Waals surface area contributed by atoms with Crippen molar-refractivity contribution in [2.75, 3.05) is 20.3 Å². The smallest absolute Gasteiger partial charge is 0.310 e. The first-order valence-electron chi connectivity index (χ1n) is 14.8. The highest BCUT2D eigenvalue weighted by atomic mass is 35.5. The van der Waals surface area contributed by atoms with Crippen molar-refractivity contribution in [1.29, 1.82) is 0 Å². The van der Waals surface area contributed by atoms with Gasteiger partial charge in [-0.3, -0.25) is 19.0 Å². The van der Waals surface area contributed by atoms with Gasteiger partial charge in [-0.15, -0.1) is 0 Å². The Hall–Kier alpha value is -4.35. The molecular formula is C33H35ClFN5O5. The first-order valence-corrected chi connectivity index (χ1v) is 15.2. The SMILES string of the molecule is COCCOC(=O)Cc1ccc2c(c1)CC(=O)[C@H](C)CCC[C@H](NC(=O)c1ncn(-c3cccc(Cl)c3F)c1C)c1ncc-2[nH]1. The maximum absolute atomic E-state index is 14.7. The van der Waals surface area contributed by atoms with E-state index in [9.17, 15) is 18.8 Å². The molecule has 2 N–H and O–H groups in total. The first-order chi connectivity index (χ1) is 21.7. The van der Waals surface area contributed by atoms with Crippen LogP contribution < -0.4 is 5.32 Å². The van der Waals surface area contributed by atoms with E-state index in [0.29, 0.717) is 43.1 Å². The molecule has 2 aromatic carbocycles. The molecule has 1 amide bonds. The molecule has 45 heavy (non-hydrogen) atoms. The van der Waals surface area contributed by atoms with Crippen LogP contribution in [0.4, 0.5) is 4.39 Å². The average molecular weight is 636 g/mol. The number of esters is 1. The van der Waals surface area contributed by atoms with Crippen LogP contribution in [-0.2, 0) is 31.9 Å². The predicted octanol–water partition coefficient (Wildman–Crippen LogP) is 5.50. The van der Waals surface area contributed by atoms with Crippen molar-refractivity contribution in [3.05, 3.63) is 88.1 Å². The summed E-state index contributed by atoms with van der Waals surface area (Å²) in [6.07, 6.45) is 5.18. The number of carbonyl (C=O) groups is 3. The molecule has 2 atom stereocenters. The standard InChI is InChI=1S/C33H35ClFN5O5/c1-19-6-4-8-25(39-33(43)31-20(2)40(18-37-31)27-9-5-7-24(34)30(27)35)32-36-17-26(38-32)23-11-10-21(14-22(23)16-28(19)41)15-29(42)45-13-12-44-3/h5,7,9-11,14,17-19,25H,4,6,8,12-13,15-16H2,1-3H3,(H,36,38)(H,39,43)/t19-,25+/m1/s1. The monoisotopic (exact) mass is 635 g/mol. The third kappa shape index (κ3) is 7.32. The Kier molecular flexibility index (Phi) is 10.1. The number of ether oxygens (including phenoxy) is 2. The molecule has 0 radical (unpaired) electrons. The number of H-pyrrole nitrogens is 1. The summed E-state index contributed by atoms with van der Waals surface area (Å²) in [6.45, 7) is 4.09.